The van der Waals surface area contributed by atoms with Crippen LogP contribution in [0.1, 0.15) is 22.3 Å². The molecule has 0 saturated carbocycles. The molecule has 0 spiro atoms. The van der Waals surface area contributed by atoms with E-state index in [0.29, 0.717) is 0 Å². The summed E-state index contributed by atoms with van der Waals surface area (Å²) in [5.41, 5.74) is 15.6. The molecule has 0 bridgehead atoms. The molecule has 2 aliphatic rings. The average molecular weight is 446 g/mol. The molecule has 0 amide bonds. The van der Waals surface area contributed by atoms with Gasteiger partial charge in [-0.2, -0.15) is 0 Å². The van der Waals surface area contributed by atoms with Crippen LogP contribution in [-0.4, -0.2) is 14.4 Å². The predicted molar refractivity (Wildman–Crippen MR) is 142 cm³/mol. The molecule has 3 aromatic heterocycles. The molecule has 0 radical (unpaired) electrons. The lowest BCUT2D eigenvalue weighted by Crippen LogP contribution is -1.95. The number of hydrogen-bond donors (Lipinski definition) is 0. The summed E-state index contributed by atoms with van der Waals surface area (Å²) in [7, 11) is 0. The maximum atomic E-state index is 5.17. The van der Waals surface area contributed by atoms with Gasteiger partial charge in [-0.1, -0.05) is 54.6 Å². The van der Waals surface area contributed by atoms with Crippen molar-refractivity contribution in [3.8, 4) is 22.3 Å². The van der Waals surface area contributed by atoms with Crippen LogP contribution in [0.5, 0.6) is 0 Å². The van der Waals surface area contributed by atoms with E-state index in [2.05, 4.69) is 88.2 Å². The number of aromatic nitrogens is 3. The highest BCUT2D eigenvalue weighted by molar-refractivity contribution is 6.16. The van der Waals surface area contributed by atoms with Crippen LogP contribution in [-0.2, 0) is 12.8 Å². The van der Waals surface area contributed by atoms with Gasteiger partial charge in [-0.3, -0.25) is 9.38 Å². The van der Waals surface area contributed by atoms with Gasteiger partial charge >= 0.3 is 0 Å². The summed E-state index contributed by atoms with van der Waals surface area (Å²) < 4.78 is 2.33. The van der Waals surface area contributed by atoms with Crippen LogP contribution >= 0.6 is 0 Å². The van der Waals surface area contributed by atoms with E-state index in [1.54, 1.807) is 0 Å². The Morgan fingerprint density at radius 1 is 0.629 bits per heavy atom. The lowest BCUT2D eigenvalue weighted by molar-refractivity contribution is 1.22. The number of imidazole rings is 1. The highest BCUT2D eigenvalue weighted by Crippen LogP contribution is 2.48. The second-order valence-electron chi connectivity index (χ2n) is 9.84. The SMILES string of the molecule is c1ccc2c(c1)Cc1cc3c(cc1-2)-c1ccc2c4cnccc4n4c5ccccc5nc4c2c1C3. The molecule has 3 nitrogen and oxygen atoms in total. The van der Waals surface area contributed by atoms with Gasteiger partial charge in [0.05, 0.1) is 16.6 Å². The van der Waals surface area contributed by atoms with Gasteiger partial charge in [0.2, 0.25) is 0 Å². The molecule has 3 heterocycles. The van der Waals surface area contributed by atoms with Gasteiger partial charge in [0, 0.05) is 23.2 Å². The fourth-order valence-electron chi connectivity index (χ4n) is 6.61. The van der Waals surface area contributed by atoms with Gasteiger partial charge in [-0.25, -0.2) is 4.98 Å². The first-order chi connectivity index (χ1) is 17.3. The third-order valence-electron chi connectivity index (χ3n) is 8.10. The summed E-state index contributed by atoms with van der Waals surface area (Å²) in [6.45, 7) is 0. The van der Waals surface area contributed by atoms with Crippen molar-refractivity contribution in [3.05, 3.63) is 114 Å². The Balaban J connectivity index is 1.41. The molecule has 3 heteroatoms. The molecule has 162 valence electrons. The summed E-state index contributed by atoms with van der Waals surface area (Å²) in [6, 6.07) is 28.9. The number of hydrogen-bond acceptors (Lipinski definition) is 2. The van der Waals surface area contributed by atoms with Crippen molar-refractivity contribution in [2.75, 3.05) is 0 Å². The Labute approximate surface area is 201 Å². The first kappa shape index (κ1) is 17.9. The second kappa shape index (κ2) is 6.13. The van der Waals surface area contributed by atoms with E-state index < -0.39 is 0 Å². The van der Waals surface area contributed by atoms with Crippen LogP contribution in [0.2, 0.25) is 0 Å². The summed E-state index contributed by atoms with van der Waals surface area (Å²) in [4.78, 5) is 9.67. The Morgan fingerprint density at radius 3 is 2.49 bits per heavy atom. The Hall–Kier alpha value is -4.50. The van der Waals surface area contributed by atoms with Crippen molar-refractivity contribution in [3.63, 3.8) is 0 Å². The number of fused-ring (bicyclic) bond motifs is 15. The van der Waals surface area contributed by atoms with Gasteiger partial charge in [-0.15, -0.1) is 0 Å². The second-order valence-corrected chi connectivity index (χ2v) is 9.84. The van der Waals surface area contributed by atoms with Gasteiger partial charge < -0.3 is 0 Å². The summed E-state index contributed by atoms with van der Waals surface area (Å²) in [5, 5.41) is 3.67. The molecule has 9 rings (SSSR count). The lowest BCUT2D eigenvalue weighted by Gasteiger charge is -2.12. The molecule has 0 atom stereocenters. The quantitative estimate of drug-likeness (QED) is 0.229. The first-order valence-corrected chi connectivity index (χ1v) is 12.2. The van der Waals surface area contributed by atoms with Crippen molar-refractivity contribution in [1.29, 1.82) is 0 Å². The minimum atomic E-state index is 0.941. The molecule has 0 aliphatic heterocycles. The molecule has 7 aromatic rings. The number of rotatable bonds is 0. The minimum absolute atomic E-state index is 0.941. The maximum Gasteiger partial charge on any atom is 0.146 e. The normalized spacial score (nSPS) is 13.5. The topological polar surface area (TPSA) is 30.2 Å². The number of benzene rings is 4. The number of nitrogens with zero attached hydrogens (tertiary/aromatic N) is 3. The Bertz CT molecular complexity index is 2060. The van der Waals surface area contributed by atoms with E-state index in [0.717, 1.165) is 35.0 Å². The maximum absolute atomic E-state index is 5.17. The van der Waals surface area contributed by atoms with Gasteiger partial charge in [-0.05, 0) is 87.0 Å². The molecule has 0 N–H and O–H groups in total. The van der Waals surface area contributed by atoms with Crippen LogP contribution in [0, 0.1) is 0 Å². The van der Waals surface area contributed by atoms with E-state index in [-0.39, 0.29) is 0 Å². The predicted octanol–water partition coefficient (Wildman–Crippen LogP) is 7.33. The zero-order valence-corrected chi connectivity index (χ0v) is 18.9. The fraction of sp³-hybridized carbons (Fsp3) is 0.0625. The van der Waals surface area contributed by atoms with Crippen molar-refractivity contribution in [2.24, 2.45) is 0 Å². The highest BCUT2D eigenvalue weighted by Gasteiger charge is 2.28. The molecular formula is C32H19N3. The molecule has 0 unspecified atom stereocenters. The van der Waals surface area contributed by atoms with Crippen LogP contribution in [0.4, 0.5) is 0 Å². The fourth-order valence-corrected chi connectivity index (χ4v) is 6.61. The molecule has 0 saturated heterocycles. The zero-order valence-electron chi connectivity index (χ0n) is 18.9. The molecule has 4 aromatic carbocycles. The Kier molecular flexibility index (Phi) is 3.14. The smallest absolute Gasteiger partial charge is 0.146 e. The van der Waals surface area contributed by atoms with Crippen molar-refractivity contribution >= 4 is 38.4 Å². The molecule has 0 fully saturated rings. The minimum Gasteiger partial charge on any atom is -0.292 e. The summed E-state index contributed by atoms with van der Waals surface area (Å²) >= 11 is 0. The largest absolute Gasteiger partial charge is 0.292 e. The molecule has 35 heavy (non-hydrogen) atoms. The van der Waals surface area contributed by atoms with Gasteiger partial charge in [0.25, 0.3) is 0 Å². The highest BCUT2D eigenvalue weighted by atomic mass is 15.0. The standard InChI is InChI=1S/C32H19N3/c1-2-6-21-18(5-1)13-19-14-20-15-26-22(25(20)16-24(19)21)9-10-23-27-17-33-12-11-29(27)35-30-8-4-3-7-28(30)34-32(35)31(23)26/h1-12,14,16-17H,13,15H2. The monoisotopic (exact) mass is 445 g/mol. The third-order valence-corrected chi connectivity index (χ3v) is 8.10. The van der Waals surface area contributed by atoms with E-state index in [9.17, 15) is 0 Å². The van der Waals surface area contributed by atoms with Crippen LogP contribution < -0.4 is 0 Å². The Morgan fingerprint density at radius 2 is 1.49 bits per heavy atom. The average Bonchev–Trinajstić information content (AvgIpc) is 3.58. The van der Waals surface area contributed by atoms with Crippen LogP contribution in [0.15, 0.2) is 91.3 Å². The number of para-hydroxylation sites is 2. The van der Waals surface area contributed by atoms with Gasteiger partial charge in [0.1, 0.15) is 5.65 Å². The summed E-state index contributed by atoms with van der Waals surface area (Å²) in [5.74, 6) is 0. The molecule has 2 aliphatic carbocycles. The zero-order chi connectivity index (χ0) is 22.7. The number of pyridine rings is 2. The van der Waals surface area contributed by atoms with Crippen molar-refractivity contribution in [2.45, 2.75) is 12.8 Å². The molecular weight excluding hydrogens is 426 g/mol. The van der Waals surface area contributed by atoms with E-state index in [1.807, 2.05) is 12.4 Å². The van der Waals surface area contributed by atoms with E-state index >= 15 is 0 Å². The van der Waals surface area contributed by atoms with Crippen LogP contribution in [0.3, 0.4) is 0 Å². The van der Waals surface area contributed by atoms with Gasteiger partial charge in [0.15, 0.2) is 0 Å². The lowest BCUT2D eigenvalue weighted by atomic mass is 9.96. The van der Waals surface area contributed by atoms with Crippen LogP contribution in [0.25, 0.3) is 60.6 Å². The van der Waals surface area contributed by atoms with E-state index in [1.165, 1.54) is 60.7 Å². The van der Waals surface area contributed by atoms with Crippen molar-refractivity contribution < 1.29 is 0 Å². The summed E-state index contributed by atoms with van der Waals surface area (Å²) in [6.07, 6.45) is 5.86. The van der Waals surface area contributed by atoms with Crippen molar-refractivity contribution in [1.82, 2.24) is 14.4 Å². The first-order valence-electron chi connectivity index (χ1n) is 12.2. The third kappa shape index (κ3) is 2.17. The van der Waals surface area contributed by atoms with E-state index in [4.69, 9.17) is 4.98 Å².